The van der Waals surface area contributed by atoms with Gasteiger partial charge in [-0.1, -0.05) is 113 Å². The summed E-state index contributed by atoms with van der Waals surface area (Å²) in [4.78, 5) is 10.4. The van der Waals surface area contributed by atoms with Crippen LogP contribution in [0.4, 0.5) is 0 Å². The molecule has 4 aromatic rings. The van der Waals surface area contributed by atoms with E-state index in [2.05, 4.69) is 125 Å². The van der Waals surface area contributed by atoms with E-state index in [-0.39, 0.29) is 28.3 Å². The van der Waals surface area contributed by atoms with Gasteiger partial charge in [0, 0.05) is 16.5 Å². The van der Waals surface area contributed by atoms with Gasteiger partial charge in [-0.05, 0) is 82.0 Å². The molecular weight excluding hydrogens is 552 g/mol. The fourth-order valence-electron chi connectivity index (χ4n) is 8.97. The van der Waals surface area contributed by atoms with Crippen LogP contribution in [0, 0.1) is 0 Å². The van der Waals surface area contributed by atoms with Crippen molar-refractivity contribution in [3.05, 3.63) is 142 Å². The van der Waals surface area contributed by atoms with Crippen molar-refractivity contribution in [3.8, 4) is 0 Å². The van der Waals surface area contributed by atoms with E-state index in [1.165, 1.54) is 33.4 Å². The third-order valence-corrected chi connectivity index (χ3v) is 10.5. The van der Waals surface area contributed by atoms with E-state index in [9.17, 15) is 0 Å². The summed E-state index contributed by atoms with van der Waals surface area (Å²) in [6.07, 6.45) is 3.83. The molecule has 2 atom stereocenters. The Bertz CT molecular complexity index is 1680. The Kier molecular flexibility index (Phi) is 6.57. The van der Waals surface area contributed by atoms with Crippen molar-refractivity contribution in [2.24, 2.45) is 9.98 Å². The molecule has 0 bridgehead atoms. The van der Waals surface area contributed by atoms with Crippen LogP contribution in [0.3, 0.4) is 0 Å². The molecule has 2 heterocycles. The van der Waals surface area contributed by atoms with Gasteiger partial charge in [0.1, 0.15) is 13.2 Å². The normalized spacial score (nSPS) is 23.2. The molecule has 0 unspecified atom stereocenters. The number of aliphatic imine (C=N–C) groups is 2. The number of rotatable bonds is 6. The average Bonchev–Trinajstić information content (AvgIpc) is 3.79. The van der Waals surface area contributed by atoms with Crippen LogP contribution in [-0.4, -0.2) is 37.1 Å². The second-order valence-electron chi connectivity index (χ2n) is 14.8. The summed E-state index contributed by atoms with van der Waals surface area (Å²) in [6.45, 7) is 10.9. The third kappa shape index (κ3) is 4.72. The van der Waals surface area contributed by atoms with E-state index >= 15 is 0 Å². The molecule has 2 aliphatic carbocycles. The third-order valence-electron chi connectivity index (χ3n) is 10.5. The van der Waals surface area contributed by atoms with Gasteiger partial charge in [0.2, 0.25) is 11.8 Å². The summed E-state index contributed by atoms with van der Waals surface area (Å²) in [5.41, 5.74) is 10.3. The molecule has 228 valence electrons. The van der Waals surface area contributed by atoms with Gasteiger partial charge in [-0.25, -0.2) is 9.98 Å². The smallest absolute Gasteiger partial charge is 0.216 e. The number of hydrogen-bond donors (Lipinski definition) is 0. The zero-order valence-electron chi connectivity index (χ0n) is 26.8. The van der Waals surface area contributed by atoms with Gasteiger partial charge in [-0.2, -0.15) is 0 Å². The minimum absolute atomic E-state index is 0.00701. The Morgan fingerprint density at radius 2 is 0.978 bits per heavy atom. The number of ether oxygens (including phenoxy) is 2. The lowest BCUT2D eigenvalue weighted by Gasteiger charge is -2.32. The highest BCUT2D eigenvalue weighted by molar-refractivity contribution is 6.01. The highest BCUT2D eigenvalue weighted by atomic mass is 16.5. The fourth-order valence-corrected chi connectivity index (χ4v) is 8.97. The lowest BCUT2D eigenvalue weighted by Crippen LogP contribution is -2.30. The molecule has 8 rings (SSSR count). The quantitative estimate of drug-likeness (QED) is 0.226. The molecule has 0 N–H and O–H groups in total. The highest BCUT2D eigenvalue weighted by Crippen LogP contribution is 2.64. The van der Waals surface area contributed by atoms with E-state index in [0.717, 1.165) is 48.6 Å². The van der Waals surface area contributed by atoms with Crippen LogP contribution in [0.25, 0.3) is 0 Å². The molecule has 45 heavy (non-hydrogen) atoms. The standard InChI is InChI=1S/C41H42N2O2/c1-39(2)25-41(35-31(17-11-19-33(35)39)37-42-29(23-44-37)21-27-13-7-5-8-14-27)26-40(3,4)34-20-12-18-32(36(34)41)38-43-30(24-45-38)22-28-15-9-6-10-16-28/h5-20,29-30H,21-26H2,1-4H3/t29-,30-,41?/m0/s1. The number of nitrogens with zero attached hydrogens (tertiary/aromatic N) is 2. The van der Waals surface area contributed by atoms with Crippen LogP contribution in [-0.2, 0) is 38.6 Å². The van der Waals surface area contributed by atoms with Gasteiger partial charge >= 0.3 is 0 Å². The maximum absolute atomic E-state index is 6.46. The molecule has 4 aliphatic rings. The zero-order valence-corrected chi connectivity index (χ0v) is 26.8. The second kappa shape index (κ2) is 10.4. The topological polar surface area (TPSA) is 43.2 Å². The van der Waals surface area contributed by atoms with Gasteiger partial charge in [0.15, 0.2) is 0 Å². The first-order valence-corrected chi connectivity index (χ1v) is 16.5. The fraction of sp³-hybridized carbons (Fsp3) is 0.366. The van der Waals surface area contributed by atoms with E-state index in [4.69, 9.17) is 19.5 Å². The molecule has 0 radical (unpaired) electrons. The van der Waals surface area contributed by atoms with E-state index in [0.29, 0.717) is 13.2 Å². The second-order valence-corrected chi connectivity index (χ2v) is 14.8. The van der Waals surface area contributed by atoms with Crippen molar-refractivity contribution in [2.45, 2.75) is 81.7 Å². The lowest BCUT2D eigenvalue weighted by atomic mass is 9.70. The maximum atomic E-state index is 6.46. The van der Waals surface area contributed by atoms with Crippen LogP contribution >= 0.6 is 0 Å². The zero-order chi connectivity index (χ0) is 30.8. The summed E-state index contributed by atoms with van der Waals surface area (Å²) in [5, 5.41) is 0. The van der Waals surface area contributed by atoms with Gasteiger partial charge in [0.05, 0.1) is 12.1 Å². The van der Waals surface area contributed by atoms with Crippen molar-refractivity contribution < 1.29 is 9.47 Å². The van der Waals surface area contributed by atoms with Crippen molar-refractivity contribution in [3.63, 3.8) is 0 Å². The maximum Gasteiger partial charge on any atom is 0.216 e. The van der Waals surface area contributed by atoms with Crippen molar-refractivity contribution in [1.29, 1.82) is 0 Å². The number of hydrogen-bond acceptors (Lipinski definition) is 4. The van der Waals surface area contributed by atoms with E-state index in [1.54, 1.807) is 0 Å². The summed E-state index contributed by atoms with van der Waals surface area (Å²) in [7, 11) is 0. The Morgan fingerprint density at radius 1 is 0.556 bits per heavy atom. The van der Waals surface area contributed by atoms with Gasteiger partial charge in [0.25, 0.3) is 0 Å². The summed E-state index contributed by atoms with van der Waals surface area (Å²) in [5.74, 6) is 1.59. The Morgan fingerprint density at radius 3 is 1.40 bits per heavy atom. The molecule has 0 fully saturated rings. The molecule has 0 aromatic heterocycles. The Hall–Kier alpha value is -4.18. The van der Waals surface area contributed by atoms with Gasteiger partial charge in [-0.15, -0.1) is 0 Å². The minimum atomic E-state index is -0.197. The monoisotopic (exact) mass is 594 g/mol. The molecule has 4 heteroatoms. The number of fused-ring (bicyclic) bond motifs is 4. The van der Waals surface area contributed by atoms with Crippen LogP contribution < -0.4 is 0 Å². The van der Waals surface area contributed by atoms with Crippen molar-refractivity contribution in [2.75, 3.05) is 13.2 Å². The highest BCUT2D eigenvalue weighted by Gasteiger charge is 2.58. The predicted octanol–water partition coefficient (Wildman–Crippen LogP) is 8.11. The Balaban J connectivity index is 1.24. The minimum Gasteiger partial charge on any atom is -0.475 e. The van der Waals surface area contributed by atoms with E-state index in [1.807, 2.05) is 0 Å². The van der Waals surface area contributed by atoms with Gasteiger partial charge < -0.3 is 9.47 Å². The first-order valence-electron chi connectivity index (χ1n) is 16.5. The van der Waals surface area contributed by atoms with E-state index < -0.39 is 0 Å². The summed E-state index contributed by atoms with van der Waals surface area (Å²) in [6, 6.07) is 35.1. The SMILES string of the molecule is CC1(C)CC2(CC(C)(C)c3cccc(C4=N[C@@H](Cc5ccccc5)CO4)c32)c2c(C3=N[C@@H](Cc4ccccc4)CO3)cccc21. The Labute approximate surface area is 267 Å². The first kappa shape index (κ1) is 28.3. The van der Waals surface area contributed by atoms with Crippen LogP contribution in [0.15, 0.2) is 107 Å². The average molecular weight is 595 g/mol. The van der Waals surface area contributed by atoms with Crippen molar-refractivity contribution in [1.82, 2.24) is 0 Å². The van der Waals surface area contributed by atoms with Crippen LogP contribution in [0.5, 0.6) is 0 Å². The molecule has 4 nitrogen and oxygen atoms in total. The predicted molar refractivity (Wildman–Crippen MR) is 182 cm³/mol. The molecule has 0 amide bonds. The lowest BCUT2D eigenvalue weighted by molar-refractivity contribution is 0.314. The van der Waals surface area contributed by atoms with Crippen LogP contribution in [0.1, 0.15) is 85.0 Å². The molecule has 4 aromatic carbocycles. The largest absolute Gasteiger partial charge is 0.475 e. The first-order chi connectivity index (χ1) is 21.7. The molecule has 0 saturated heterocycles. The summed E-state index contributed by atoms with van der Waals surface area (Å²) < 4.78 is 12.9. The molecule has 0 saturated carbocycles. The summed E-state index contributed by atoms with van der Waals surface area (Å²) >= 11 is 0. The van der Waals surface area contributed by atoms with Gasteiger partial charge in [-0.3, -0.25) is 0 Å². The number of benzene rings is 4. The molecule has 1 spiro atoms. The van der Waals surface area contributed by atoms with Crippen molar-refractivity contribution >= 4 is 11.8 Å². The van der Waals surface area contributed by atoms with Crippen LogP contribution in [0.2, 0.25) is 0 Å². The molecular formula is C41H42N2O2. The molecule has 2 aliphatic heterocycles.